The zero-order valence-electron chi connectivity index (χ0n) is 12.2. The van der Waals surface area contributed by atoms with Gasteiger partial charge >= 0.3 is 0 Å². The molecule has 0 bridgehead atoms. The second-order valence-electron chi connectivity index (χ2n) is 5.60. The zero-order valence-corrected chi connectivity index (χ0v) is 13.0. The number of benzene rings is 1. The van der Waals surface area contributed by atoms with Crippen molar-refractivity contribution in [3.8, 4) is 6.07 Å². The van der Waals surface area contributed by atoms with Crippen molar-refractivity contribution in [3.63, 3.8) is 0 Å². The van der Waals surface area contributed by atoms with Gasteiger partial charge in [0.15, 0.2) is 9.84 Å². The number of rotatable bonds is 5. The van der Waals surface area contributed by atoms with Gasteiger partial charge in [0.1, 0.15) is 0 Å². The molecule has 0 saturated heterocycles. The van der Waals surface area contributed by atoms with E-state index in [1.165, 1.54) is 37.8 Å². The molecule has 1 aromatic rings. The average Bonchev–Trinajstić information content (AvgIpc) is 2.76. The van der Waals surface area contributed by atoms with E-state index in [1.807, 2.05) is 6.07 Å². The summed E-state index contributed by atoms with van der Waals surface area (Å²) >= 11 is 0. The number of nitrogens with zero attached hydrogens (tertiary/aromatic N) is 1. The molecule has 1 N–H and O–H groups in total. The highest BCUT2D eigenvalue weighted by molar-refractivity contribution is 7.91. The van der Waals surface area contributed by atoms with Gasteiger partial charge in [0.05, 0.1) is 22.3 Å². The molecule has 0 spiro atoms. The lowest BCUT2D eigenvalue weighted by atomic mass is 10.1. The SMILES string of the molecule is N#Cc1ccc(S(=O)(=O)CCNC2CCCCCC2)cc1. The van der Waals surface area contributed by atoms with E-state index >= 15 is 0 Å². The first-order valence-corrected chi connectivity index (χ1v) is 9.23. The summed E-state index contributed by atoms with van der Waals surface area (Å²) in [6, 6.07) is 8.57. The van der Waals surface area contributed by atoms with Gasteiger partial charge < -0.3 is 5.32 Å². The molecular formula is C16H22N2O2S. The van der Waals surface area contributed by atoms with Crippen LogP contribution in [0.2, 0.25) is 0 Å². The Morgan fingerprint density at radius 1 is 1.10 bits per heavy atom. The molecule has 1 aromatic carbocycles. The van der Waals surface area contributed by atoms with Crippen molar-refractivity contribution in [1.29, 1.82) is 5.26 Å². The smallest absolute Gasteiger partial charge is 0.179 e. The quantitative estimate of drug-likeness (QED) is 0.849. The normalized spacial score (nSPS) is 17.1. The lowest BCUT2D eigenvalue weighted by Gasteiger charge is -2.16. The summed E-state index contributed by atoms with van der Waals surface area (Å²) in [4.78, 5) is 0.296. The van der Waals surface area contributed by atoms with Crippen LogP contribution in [0.4, 0.5) is 0 Å². The van der Waals surface area contributed by atoms with Gasteiger partial charge in [-0.15, -0.1) is 0 Å². The minimum Gasteiger partial charge on any atom is -0.313 e. The summed E-state index contributed by atoms with van der Waals surface area (Å²) in [7, 11) is -3.27. The Hall–Kier alpha value is -1.38. The third-order valence-corrected chi connectivity index (χ3v) is 5.73. The lowest BCUT2D eigenvalue weighted by Crippen LogP contribution is -2.32. The van der Waals surface area contributed by atoms with Gasteiger partial charge in [-0.2, -0.15) is 5.26 Å². The van der Waals surface area contributed by atoms with Crippen LogP contribution in [-0.2, 0) is 9.84 Å². The maximum Gasteiger partial charge on any atom is 0.179 e. The van der Waals surface area contributed by atoms with Crippen molar-refractivity contribution >= 4 is 9.84 Å². The maximum atomic E-state index is 12.2. The molecule has 0 unspecified atom stereocenters. The van der Waals surface area contributed by atoms with Gasteiger partial charge in [-0.1, -0.05) is 25.7 Å². The first-order valence-electron chi connectivity index (χ1n) is 7.58. The van der Waals surface area contributed by atoms with E-state index in [0.717, 1.165) is 12.8 Å². The molecule has 4 nitrogen and oxygen atoms in total. The van der Waals surface area contributed by atoms with Crippen LogP contribution in [0.1, 0.15) is 44.1 Å². The van der Waals surface area contributed by atoms with Crippen molar-refractivity contribution in [2.45, 2.75) is 49.5 Å². The second-order valence-corrected chi connectivity index (χ2v) is 7.71. The summed E-state index contributed by atoms with van der Waals surface area (Å²) < 4.78 is 24.4. The Bertz CT molecular complexity index is 580. The largest absolute Gasteiger partial charge is 0.313 e. The molecule has 5 heteroatoms. The van der Waals surface area contributed by atoms with Crippen molar-refractivity contribution in [2.24, 2.45) is 0 Å². The average molecular weight is 306 g/mol. The van der Waals surface area contributed by atoms with Crippen LogP contribution in [0.15, 0.2) is 29.2 Å². The molecule has 0 heterocycles. The standard InChI is InChI=1S/C16H22N2O2S/c17-13-14-7-9-16(10-8-14)21(19,20)12-11-18-15-5-3-1-2-4-6-15/h7-10,15,18H,1-6,11-12H2. The lowest BCUT2D eigenvalue weighted by molar-refractivity contribution is 0.471. The predicted octanol–water partition coefficient (Wildman–Crippen LogP) is 2.64. The van der Waals surface area contributed by atoms with Crippen molar-refractivity contribution in [3.05, 3.63) is 29.8 Å². The number of hydrogen-bond acceptors (Lipinski definition) is 4. The molecule has 1 fully saturated rings. The van der Waals surface area contributed by atoms with Gasteiger partial charge in [0, 0.05) is 12.6 Å². The van der Waals surface area contributed by atoms with Gasteiger partial charge in [-0.3, -0.25) is 0 Å². The van der Waals surface area contributed by atoms with E-state index in [-0.39, 0.29) is 5.75 Å². The molecule has 1 aliphatic rings. The van der Waals surface area contributed by atoms with Gasteiger partial charge in [-0.05, 0) is 37.1 Å². The minimum absolute atomic E-state index is 0.107. The van der Waals surface area contributed by atoms with E-state index in [1.54, 1.807) is 12.1 Å². The Kier molecular flexibility index (Phi) is 5.77. The van der Waals surface area contributed by atoms with Crippen molar-refractivity contribution in [2.75, 3.05) is 12.3 Å². The van der Waals surface area contributed by atoms with Crippen LogP contribution in [0.5, 0.6) is 0 Å². The van der Waals surface area contributed by atoms with E-state index in [4.69, 9.17) is 5.26 Å². The van der Waals surface area contributed by atoms with Crippen LogP contribution in [0.3, 0.4) is 0 Å². The molecular weight excluding hydrogens is 284 g/mol. The monoisotopic (exact) mass is 306 g/mol. The highest BCUT2D eigenvalue weighted by Gasteiger charge is 2.16. The molecule has 0 aromatic heterocycles. The fourth-order valence-corrected chi connectivity index (χ4v) is 3.91. The van der Waals surface area contributed by atoms with Crippen LogP contribution >= 0.6 is 0 Å². The maximum absolute atomic E-state index is 12.2. The molecule has 1 saturated carbocycles. The van der Waals surface area contributed by atoms with Crippen LogP contribution in [-0.4, -0.2) is 26.8 Å². The Morgan fingerprint density at radius 3 is 2.29 bits per heavy atom. The van der Waals surface area contributed by atoms with Gasteiger partial charge in [0.25, 0.3) is 0 Å². The van der Waals surface area contributed by atoms with Crippen molar-refractivity contribution in [1.82, 2.24) is 5.32 Å². The van der Waals surface area contributed by atoms with Crippen molar-refractivity contribution < 1.29 is 8.42 Å². The highest BCUT2D eigenvalue weighted by Crippen LogP contribution is 2.17. The number of nitriles is 1. The van der Waals surface area contributed by atoms with E-state index < -0.39 is 9.84 Å². The van der Waals surface area contributed by atoms with Gasteiger partial charge in [0.2, 0.25) is 0 Å². The Morgan fingerprint density at radius 2 is 1.71 bits per heavy atom. The van der Waals surface area contributed by atoms with Crippen LogP contribution in [0.25, 0.3) is 0 Å². The summed E-state index contributed by atoms with van der Waals surface area (Å²) in [5.74, 6) is 0.107. The number of hydrogen-bond donors (Lipinski definition) is 1. The zero-order chi connectivity index (χ0) is 15.1. The Labute approximate surface area is 127 Å². The topological polar surface area (TPSA) is 70.0 Å². The Balaban J connectivity index is 1.87. The minimum atomic E-state index is -3.27. The van der Waals surface area contributed by atoms with E-state index in [0.29, 0.717) is 23.0 Å². The summed E-state index contributed by atoms with van der Waals surface area (Å²) in [5, 5.41) is 12.1. The third-order valence-electron chi connectivity index (χ3n) is 4.00. The second kappa shape index (κ2) is 7.58. The predicted molar refractivity (Wildman–Crippen MR) is 82.7 cm³/mol. The van der Waals surface area contributed by atoms with Gasteiger partial charge in [-0.25, -0.2) is 8.42 Å². The molecule has 0 amide bonds. The van der Waals surface area contributed by atoms with E-state index in [9.17, 15) is 8.42 Å². The van der Waals surface area contributed by atoms with E-state index in [2.05, 4.69) is 5.32 Å². The van der Waals surface area contributed by atoms with Crippen LogP contribution in [0, 0.1) is 11.3 Å². The summed E-state index contributed by atoms with van der Waals surface area (Å²) in [6.45, 7) is 0.493. The summed E-state index contributed by atoms with van der Waals surface area (Å²) in [5.41, 5.74) is 0.477. The molecule has 114 valence electrons. The molecule has 21 heavy (non-hydrogen) atoms. The molecule has 2 rings (SSSR count). The first-order chi connectivity index (χ1) is 10.1. The summed E-state index contributed by atoms with van der Waals surface area (Å²) in [6.07, 6.45) is 7.36. The van der Waals surface area contributed by atoms with Crippen LogP contribution < -0.4 is 5.32 Å². The first kappa shape index (κ1) is 16.0. The fourth-order valence-electron chi connectivity index (χ4n) is 2.74. The molecule has 1 aliphatic carbocycles. The molecule has 0 atom stereocenters. The number of sulfone groups is 1. The molecule has 0 radical (unpaired) electrons. The highest BCUT2D eigenvalue weighted by atomic mass is 32.2. The molecule has 0 aliphatic heterocycles. The number of nitrogens with one attached hydrogen (secondary N) is 1. The third kappa shape index (κ3) is 4.83. The fraction of sp³-hybridized carbons (Fsp3) is 0.562.